The molecule has 0 unspecified atom stereocenters. The smallest absolute Gasteiger partial charge is 0.358 e. The lowest BCUT2D eigenvalue weighted by Gasteiger charge is -1.91. The number of nitro groups is 1. The maximum absolute atomic E-state index is 10.2. The van der Waals surface area contributed by atoms with Gasteiger partial charge in [-0.3, -0.25) is 0 Å². The highest BCUT2D eigenvalue weighted by Crippen LogP contribution is 2.19. The SMILES string of the molecule is O=[N+]([O-])c1ccc(I)c(Br)n1. The van der Waals surface area contributed by atoms with E-state index in [1.165, 1.54) is 6.07 Å². The third-order valence-electron chi connectivity index (χ3n) is 0.976. The normalized spacial score (nSPS) is 9.64. The summed E-state index contributed by atoms with van der Waals surface area (Å²) in [4.78, 5) is 13.3. The third kappa shape index (κ3) is 2.09. The zero-order chi connectivity index (χ0) is 8.43. The Hall–Kier alpha value is -0.240. The average molecular weight is 329 g/mol. The molecule has 1 rings (SSSR count). The largest absolute Gasteiger partial charge is 0.364 e. The molecule has 1 aromatic heterocycles. The molecule has 0 aliphatic carbocycles. The Balaban J connectivity index is 3.15. The lowest BCUT2D eigenvalue weighted by Crippen LogP contribution is -1.92. The summed E-state index contributed by atoms with van der Waals surface area (Å²) in [7, 11) is 0. The molecule has 0 amide bonds. The van der Waals surface area contributed by atoms with Crippen molar-refractivity contribution in [2.75, 3.05) is 0 Å². The summed E-state index contributed by atoms with van der Waals surface area (Å²) < 4.78 is 1.36. The van der Waals surface area contributed by atoms with Crippen LogP contribution in [0.3, 0.4) is 0 Å². The van der Waals surface area contributed by atoms with Crippen molar-refractivity contribution in [2.45, 2.75) is 0 Å². The maximum Gasteiger partial charge on any atom is 0.364 e. The quantitative estimate of drug-likeness (QED) is 0.344. The molecule has 6 heteroatoms. The molecule has 0 aliphatic heterocycles. The van der Waals surface area contributed by atoms with Crippen molar-refractivity contribution < 1.29 is 4.92 Å². The molecule has 0 N–H and O–H groups in total. The Bertz CT molecular complexity index is 305. The van der Waals surface area contributed by atoms with Crippen LogP contribution in [0.15, 0.2) is 16.7 Å². The van der Waals surface area contributed by atoms with E-state index in [0.717, 1.165) is 3.57 Å². The van der Waals surface area contributed by atoms with Gasteiger partial charge in [-0.05, 0) is 38.6 Å². The molecule has 0 radical (unpaired) electrons. The van der Waals surface area contributed by atoms with Crippen LogP contribution >= 0.6 is 38.5 Å². The van der Waals surface area contributed by atoms with Crippen LogP contribution in [0.4, 0.5) is 5.82 Å². The van der Waals surface area contributed by atoms with Gasteiger partial charge < -0.3 is 10.1 Å². The molecule has 0 saturated heterocycles. The zero-order valence-corrected chi connectivity index (χ0v) is 8.87. The second kappa shape index (κ2) is 3.44. The standard InChI is InChI=1S/C5H2BrIN2O2/c6-5-3(7)1-2-4(8-5)9(10)11/h1-2H. The molecule has 58 valence electrons. The number of rotatable bonds is 1. The first kappa shape index (κ1) is 8.85. The number of hydrogen-bond donors (Lipinski definition) is 0. The molecular weight excluding hydrogens is 327 g/mol. The van der Waals surface area contributed by atoms with E-state index in [4.69, 9.17) is 0 Å². The molecule has 0 spiro atoms. The van der Waals surface area contributed by atoms with Crippen LogP contribution in [0.25, 0.3) is 0 Å². The molecule has 0 saturated carbocycles. The summed E-state index contributed by atoms with van der Waals surface area (Å²) in [6, 6.07) is 3.00. The second-order valence-corrected chi connectivity index (χ2v) is 3.61. The molecule has 0 fully saturated rings. The fraction of sp³-hybridized carbons (Fsp3) is 0. The Morgan fingerprint density at radius 3 is 2.73 bits per heavy atom. The highest BCUT2D eigenvalue weighted by atomic mass is 127. The molecule has 0 aromatic carbocycles. The van der Waals surface area contributed by atoms with E-state index < -0.39 is 4.92 Å². The highest BCUT2D eigenvalue weighted by Gasteiger charge is 2.10. The number of halogens is 2. The van der Waals surface area contributed by atoms with Crippen molar-refractivity contribution in [3.8, 4) is 0 Å². The molecule has 1 aromatic rings. The minimum atomic E-state index is -0.527. The second-order valence-electron chi connectivity index (χ2n) is 1.70. The molecule has 0 atom stereocenters. The monoisotopic (exact) mass is 328 g/mol. The Labute approximate surface area is 84.4 Å². The molecule has 4 nitrogen and oxygen atoms in total. The van der Waals surface area contributed by atoms with Gasteiger partial charge in [-0.25, -0.2) is 0 Å². The first-order valence-electron chi connectivity index (χ1n) is 2.57. The van der Waals surface area contributed by atoms with Gasteiger partial charge in [0.05, 0.1) is 3.57 Å². The minimum absolute atomic E-state index is 0.141. The predicted molar refractivity (Wildman–Crippen MR) is 51.3 cm³/mol. The van der Waals surface area contributed by atoms with Crippen molar-refractivity contribution in [1.29, 1.82) is 0 Å². The van der Waals surface area contributed by atoms with Crippen LogP contribution in [0.5, 0.6) is 0 Å². The summed E-state index contributed by atoms with van der Waals surface area (Å²) >= 11 is 5.12. The van der Waals surface area contributed by atoms with Gasteiger partial charge in [-0.1, -0.05) is 0 Å². The van der Waals surface area contributed by atoms with Crippen LogP contribution < -0.4 is 0 Å². The first-order chi connectivity index (χ1) is 5.11. The van der Waals surface area contributed by atoms with Gasteiger partial charge in [0.1, 0.15) is 0 Å². The van der Waals surface area contributed by atoms with Gasteiger partial charge in [0.25, 0.3) is 0 Å². The van der Waals surface area contributed by atoms with E-state index in [2.05, 4.69) is 20.9 Å². The van der Waals surface area contributed by atoms with Crippen molar-refractivity contribution in [3.05, 3.63) is 30.4 Å². The van der Waals surface area contributed by atoms with E-state index in [9.17, 15) is 10.1 Å². The van der Waals surface area contributed by atoms with E-state index in [0.29, 0.717) is 4.60 Å². The van der Waals surface area contributed by atoms with Crippen molar-refractivity contribution >= 4 is 44.3 Å². The number of pyridine rings is 1. The lowest BCUT2D eigenvalue weighted by atomic mass is 10.5. The van der Waals surface area contributed by atoms with Crippen LogP contribution in [0.2, 0.25) is 0 Å². The number of hydrogen-bond acceptors (Lipinski definition) is 3. The number of nitrogens with zero attached hydrogens (tertiary/aromatic N) is 2. The van der Waals surface area contributed by atoms with Crippen molar-refractivity contribution in [2.24, 2.45) is 0 Å². The maximum atomic E-state index is 10.2. The summed E-state index contributed by atoms with van der Waals surface area (Å²) in [6.07, 6.45) is 0. The Kier molecular flexibility index (Phi) is 2.77. The Morgan fingerprint density at radius 2 is 2.27 bits per heavy atom. The Morgan fingerprint density at radius 1 is 1.64 bits per heavy atom. The third-order valence-corrected chi connectivity index (χ3v) is 3.19. The van der Waals surface area contributed by atoms with Crippen LogP contribution in [-0.4, -0.2) is 9.91 Å². The molecule has 0 bridgehead atoms. The number of aromatic nitrogens is 1. The highest BCUT2D eigenvalue weighted by molar-refractivity contribution is 14.1. The molecule has 1 heterocycles. The van der Waals surface area contributed by atoms with Gasteiger partial charge in [-0.15, -0.1) is 0 Å². The van der Waals surface area contributed by atoms with Crippen molar-refractivity contribution in [1.82, 2.24) is 4.98 Å². The molecular formula is C5H2BrIN2O2. The molecule has 11 heavy (non-hydrogen) atoms. The van der Waals surface area contributed by atoms with Crippen molar-refractivity contribution in [3.63, 3.8) is 0 Å². The van der Waals surface area contributed by atoms with Crippen LogP contribution in [0.1, 0.15) is 0 Å². The van der Waals surface area contributed by atoms with Crippen LogP contribution in [-0.2, 0) is 0 Å². The van der Waals surface area contributed by atoms with Gasteiger partial charge in [0.15, 0.2) is 0 Å². The van der Waals surface area contributed by atoms with E-state index in [-0.39, 0.29) is 5.82 Å². The summed E-state index contributed by atoms with van der Waals surface area (Å²) in [6.45, 7) is 0. The summed E-state index contributed by atoms with van der Waals surface area (Å²) in [5.41, 5.74) is 0. The van der Waals surface area contributed by atoms with Gasteiger partial charge in [-0.2, -0.15) is 0 Å². The average Bonchev–Trinajstić information content (AvgIpc) is 1.94. The first-order valence-corrected chi connectivity index (χ1v) is 4.45. The lowest BCUT2D eigenvalue weighted by molar-refractivity contribution is -0.389. The van der Waals surface area contributed by atoms with Gasteiger partial charge in [0.2, 0.25) is 4.60 Å². The van der Waals surface area contributed by atoms with Gasteiger partial charge in [0, 0.05) is 22.0 Å². The topological polar surface area (TPSA) is 56.0 Å². The zero-order valence-electron chi connectivity index (χ0n) is 5.12. The van der Waals surface area contributed by atoms with Crippen LogP contribution in [0, 0.1) is 13.7 Å². The predicted octanol–water partition coefficient (Wildman–Crippen LogP) is 2.36. The fourth-order valence-electron chi connectivity index (χ4n) is 0.509. The summed E-state index contributed by atoms with van der Waals surface area (Å²) in [5, 5.41) is 10.2. The minimum Gasteiger partial charge on any atom is -0.358 e. The van der Waals surface area contributed by atoms with E-state index >= 15 is 0 Å². The van der Waals surface area contributed by atoms with E-state index in [1.807, 2.05) is 22.6 Å². The fourth-order valence-corrected chi connectivity index (χ4v) is 1.12. The molecule has 0 aliphatic rings. The van der Waals surface area contributed by atoms with Gasteiger partial charge >= 0.3 is 5.82 Å². The summed E-state index contributed by atoms with van der Waals surface area (Å²) in [5.74, 6) is -0.141. The van der Waals surface area contributed by atoms with E-state index in [1.54, 1.807) is 6.07 Å².